The number of pyridine rings is 1. The van der Waals surface area contributed by atoms with Crippen molar-refractivity contribution in [1.82, 2.24) is 14.8 Å². The van der Waals surface area contributed by atoms with E-state index in [1.54, 1.807) is 13.0 Å². The first-order chi connectivity index (χ1) is 15.0. The maximum Gasteiger partial charge on any atom is 0.343 e. The maximum atomic E-state index is 13.1. The number of carbonyl (C=O) groups excluding carboxylic acids is 2. The molecule has 1 N–H and O–H groups in total. The second-order valence-corrected chi connectivity index (χ2v) is 6.75. The van der Waals surface area contributed by atoms with Crippen LogP contribution in [0.3, 0.4) is 0 Å². The minimum atomic E-state index is -0.605. The van der Waals surface area contributed by atoms with Gasteiger partial charge in [0, 0.05) is 5.39 Å². The van der Waals surface area contributed by atoms with E-state index in [4.69, 9.17) is 4.74 Å². The number of para-hydroxylation sites is 1. The smallest absolute Gasteiger partial charge is 0.343 e. The molecule has 156 valence electrons. The number of nitrogens with zero attached hydrogens (tertiary/aromatic N) is 3. The summed E-state index contributed by atoms with van der Waals surface area (Å²) in [7, 11) is 0. The van der Waals surface area contributed by atoms with E-state index in [1.165, 1.54) is 35.1 Å². The molecule has 2 heterocycles. The van der Waals surface area contributed by atoms with Crippen molar-refractivity contribution in [2.75, 3.05) is 11.9 Å². The van der Waals surface area contributed by atoms with Gasteiger partial charge in [-0.15, -0.1) is 0 Å². The number of nitrogens with one attached hydrogen (secondary N) is 1. The van der Waals surface area contributed by atoms with Gasteiger partial charge in [-0.2, -0.15) is 9.78 Å². The van der Waals surface area contributed by atoms with Gasteiger partial charge in [0.05, 0.1) is 24.7 Å². The Morgan fingerprint density at radius 1 is 1.06 bits per heavy atom. The normalized spacial score (nSPS) is 10.8. The molecule has 0 saturated heterocycles. The Balaban J connectivity index is 1.69. The van der Waals surface area contributed by atoms with Crippen LogP contribution in [0.15, 0.2) is 66.9 Å². The summed E-state index contributed by atoms with van der Waals surface area (Å²) in [4.78, 5) is 29.7. The summed E-state index contributed by atoms with van der Waals surface area (Å²) in [6.45, 7) is 1.88. The van der Waals surface area contributed by atoms with E-state index in [1.807, 2.05) is 30.3 Å². The summed E-state index contributed by atoms with van der Waals surface area (Å²) in [5.74, 6) is -0.778. The molecule has 0 spiro atoms. The fraction of sp³-hybridized carbons (Fsp3) is 0.130. The van der Waals surface area contributed by atoms with Crippen LogP contribution in [0, 0.1) is 5.82 Å². The maximum absolute atomic E-state index is 13.1. The number of hydrogen-bond donors (Lipinski definition) is 1. The highest BCUT2D eigenvalue weighted by Gasteiger charge is 2.22. The highest BCUT2D eigenvalue weighted by atomic mass is 19.1. The van der Waals surface area contributed by atoms with Crippen molar-refractivity contribution >= 4 is 28.6 Å². The lowest BCUT2D eigenvalue weighted by Gasteiger charge is -2.11. The number of esters is 1. The Labute approximate surface area is 177 Å². The van der Waals surface area contributed by atoms with Gasteiger partial charge in [0.15, 0.2) is 11.6 Å². The monoisotopic (exact) mass is 418 g/mol. The van der Waals surface area contributed by atoms with Gasteiger partial charge < -0.3 is 10.1 Å². The molecule has 0 aliphatic heterocycles. The predicted molar refractivity (Wildman–Crippen MR) is 114 cm³/mol. The number of halogens is 1. The first kappa shape index (κ1) is 20.2. The fourth-order valence-corrected chi connectivity index (χ4v) is 3.14. The van der Waals surface area contributed by atoms with Crippen LogP contribution in [-0.4, -0.2) is 33.2 Å². The molecule has 4 aromatic rings. The first-order valence-corrected chi connectivity index (χ1v) is 9.70. The van der Waals surface area contributed by atoms with Crippen LogP contribution in [0.2, 0.25) is 0 Å². The van der Waals surface area contributed by atoms with Gasteiger partial charge >= 0.3 is 5.97 Å². The van der Waals surface area contributed by atoms with E-state index in [-0.39, 0.29) is 36.1 Å². The number of hydrogen-bond acceptors (Lipinski definition) is 5. The molecule has 0 radical (unpaired) electrons. The highest BCUT2D eigenvalue weighted by molar-refractivity contribution is 6.01. The minimum absolute atomic E-state index is 0.00112. The Hall–Kier alpha value is -4.07. The number of fused-ring (bicyclic) bond motifs is 1. The molecule has 8 heteroatoms. The van der Waals surface area contributed by atoms with Gasteiger partial charge in [-0.25, -0.2) is 14.2 Å². The summed E-state index contributed by atoms with van der Waals surface area (Å²) in [5, 5.41) is 7.94. The van der Waals surface area contributed by atoms with E-state index >= 15 is 0 Å². The number of carbonyl (C=O) groups is 2. The summed E-state index contributed by atoms with van der Waals surface area (Å²) in [6, 6.07) is 16.9. The molecule has 31 heavy (non-hydrogen) atoms. The Bertz CT molecular complexity index is 1250. The van der Waals surface area contributed by atoms with E-state index in [2.05, 4.69) is 15.4 Å². The van der Waals surface area contributed by atoms with Crippen LogP contribution in [0.5, 0.6) is 0 Å². The third kappa shape index (κ3) is 4.42. The zero-order chi connectivity index (χ0) is 21.8. The van der Waals surface area contributed by atoms with Crippen molar-refractivity contribution in [1.29, 1.82) is 0 Å². The van der Waals surface area contributed by atoms with Crippen LogP contribution < -0.4 is 5.32 Å². The van der Waals surface area contributed by atoms with Crippen LogP contribution in [0.1, 0.15) is 22.8 Å². The SMILES string of the molecule is CCOC(=O)c1cnn(-c2ccc3ccccc3n2)c1NC(=O)Cc1ccc(F)cc1. The molecule has 0 saturated carbocycles. The summed E-state index contributed by atoms with van der Waals surface area (Å²) in [6.07, 6.45) is 1.33. The molecule has 0 bridgehead atoms. The number of benzene rings is 2. The quantitative estimate of drug-likeness (QED) is 0.480. The first-order valence-electron chi connectivity index (χ1n) is 9.70. The lowest BCUT2D eigenvalue weighted by molar-refractivity contribution is -0.115. The lowest BCUT2D eigenvalue weighted by atomic mass is 10.1. The number of rotatable bonds is 6. The van der Waals surface area contributed by atoms with Crippen LogP contribution >= 0.6 is 0 Å². The second-order valence-electron chi connectivity index (χ2n) is 6.75. The van der Waals surface area contributed by atoms with E-state index < -0.39 is 5.97 Å². The molecule has 2 aromatic heterocycles. The molecule has 0 aliphatic carbocycles. The summed E-state index contributed by atoms with van der Waals surface area (Å²) < 4.78 is 19.6. The largest absolute Gasteiger partial charge is 0.462 e. The zero-order valence-electron chi connectivity index (χ0n) is 16.7. The molecule has 0 unspecified atom stereocenters. The van der Waals surface area contributed by atoms with Crippen molar-refractivity contribution < 1.29 is 18.7 Å². The second kappa shape index (κ2) is 8.74. The van der Waals surface area contributed by atoms with Crippen molar-refractivity contribution in [3.05, 3.63) is 83.8 Å². The van der Waals surface area contributed by atoms with Gasteiger partial charge in [-0.1, -0.05) is 30.3 Å². The number of amides is 1. The molecule has 7 nitrogen and oxygen atoms in total. The van der Waals surface area contributed by atoms with E-state index in [9.17, 15) is 14.0 Å². The molecular formula is C23H19FN4O3. The number of ether oxygens (including phenoxy) is 1. The van der Waals surface area contributed by atoms with Gasteiger partial charge in [-0.05, 0) is 42.8 Å². The van der Waals surface area contributed by atoms with Crippen molar-refractivity contribution in [3.8, 4) is 5.82 Å². The van der Waals surface area contributed by atoms with Gasteiger partial charge in [-0.3, -0.25) is 4.79 Å². The van der Waals surface area contributed by atoms with Crippen molar-refractivity contribution in [3.63, 3.8) is 0 Å². The Morgan fingerprint density at radius 3 is 2.61 bits per heavy atom. The average molecular weight is 418 g/mol. The molecule has 0 atom stereocenters. The number of anilines is 1. The topological polar surface area (TPSA) is 86.1 Å². The summed E-state index contributed by atoms with van der Waals surface area (Å²) >= 11 is 0. The minimum Gasteiger partial charge on any atom is -0.462 e. The number of aromatic nitrogens is 3. The molecular weight excluding hydrogens is 399 g/mol. The van der Waals surface area contributed by atoms with Gasteiger partial charge in [0.2, 0.25) is 5.91 Å². The van der Waals surface area contributed by atoms with E-state index in [0.29, 0.717) is 11.4 Å². The highest BCUT2D eigenvalue weighted by Crippen LogP contribution is 2.22. The Kier molecular flexibility index (Phi) is 5.70. The summed E-state index contributed by atoms with van der Waals surface area (Å²) in [5.41, 5.74) is 1.49. The van der Waals surface area contributed by atoms with Crippen LogP contribution in [0.4, 0.5) is 10.2 Å². The Morgan fingerprint density at radius 2 is 1.84 bits per heavy atom. The molecule has 4 rings (SSSR count). The average Bonchev–Trinajstić information content (AvgIpc) is 3.18. The van der Waals surface area contributed by atoms with Crippen molar-refractivity contribution in [2.24, 2.45) is 0 Å². The molecule has 0 fully saturated rings. The van der Waals surface area contributed by atoms with Crippen LogP contribution in [-0.2, 0) is 16.0 Å². The third-order valence-corrected chi connectivity index (χ3v) is 4.60. The van der Waals surface area contributed by atoms with Gasteiger partial charge in [0.1, 0.15) is 11.4 Å². The molecule has 1 amide bonds. The van der Waals surface area contributed by atoms with Crippen molar-refractivity contribution in [2.45, 2.75) is 13.3 Å². The van der Waals surface area contributed by atoms with E-state index in [0.717, 1.165) is 10.9 Å². The molecule has 2 aromatic carbocycles. The lowest BCUT2D eigenvalue weighted by Crippen LogP contribution is -2.20. The zero-order valence-corrected chi connectivity index (χ0v) is 16.7. The fourth-order valence-electron chi connectivity index (χ4n) is 3.14. The van der Waals surface area contributed by atoms with Gasteiger partial charge in [0.25, 0.3) is 0 Å². The standard InChI is InChI=1S/C23H19FN4O3/c1-2-31-23(30)18-14-25-28(20-12-9-16-5-3-4-6-19(16)26-20)22(18)27-21(29)13-15-7-10-17(24)11-8-15/h3-12,14H,2,13H2,1H3,(H,27,29). The third-order valence-electron chi connectivity index (χ3n) is 4.60. The molecule has 0 aliphatic rings. The van der Waals surface area contributed by atoms with Crippen LogP contribution in [0.25, 0.3) is 16.7 Å². The predicted octanol–water partition coefficient (Wildman–Crippen LogP) is 3.92.